The molecular weight excluding hydrogens is 185 g/mol. The highest BCUT2D eigenvalue weighted by atomic mass is 19.1. The van der Waals surface area contributed by atoms with Crippen molar-refractivity contribution in [2.24, 2.45) is 0 Å². The Hall–Kier alpha value is -1.60. The van der Waals surface area contributed by atoms with Crippen LogP contribution < -0.4 is 4.74 Å². The van der Waals surface area contributed by atoms with E-state index in [0.29, 0.717) is 24.3 Å². The molecule has 1 aliphatic rings. The number of halogens is 1. The first-order valence-electron chi connectivity index (χ1n) is 4.23. The van der Waals surface area contributed by atoms with Gasteiger partial charge in [-0.15, -0.1) is 0 Å². The molecule has 0 saturated carbocycles. The summed E-state index contributed by atoms with van der Waals surface area (Å²) >= 11 is 0. The van der Waals surface area contributed by atoms with Crippen LogP contribution in [0.25, 0.3) is 4.85 Å². The van der Waals surface area contributed by atoms with Crippen LogP contribution in [0, 0.1) is 12.4 Å². The van der Waals surface area contributed by atoms with E-state index in [1.54, 1.807) is 0 Å². The van der Waals surface area contributed by atoms with Gasteiger partial charge < -0.3 is 9.84 Å². The predicted molar refractivity (Wildman–Crippen MR) is 47.8 cm³/mol. The SMILES string of the molecule is [C-]#[N+]c1c(F)cc(CO)c2c1OCC2. The topological polar surface area (TPSA) is 33.8 Å². The number of ether oxygens (including phenoxy) is 1. The summed E-state index contributed by atoms with van der Waals surface area (Å²) in [7, 11) is 0. The van der Waals surface area contributed by atoms with Crippen LogP contribution in [0.4, 0.5) is 10.1 Å². The largest absolute Gasteiger partial charge is 0.504 e. The first-order valence-corrected chi connectivity index (χ1v) is 4.23. The zero-order valence-corrected chi connectivity index (χ0v) is 7.38. The number of hydrogen-bond donors (Lipinski definition) is 1. The maximum Gasteiger partial charge on any atom is 0.263 e. The minimum atomic E-state index is -0.621. The van der Waals surface area contributed by atoms with E-state index >= 15 is 0 Å². The molecule has 0 fully saturated rings. The lowest BCUT2D eigenvalue weighted by molar-refractivity contribution is 0.280. The van der Waals surface area contributed by atoms with Crippen LogP contribution in [0.5, 0.6) is 5.75 Å². The molecule has 1 aromatic carbocycles. The average molecular weight is 193 g/mol. The molecule has 1 N–H and O–H groups in total. The third kappa shape index (κ3) is 1.14. The van der Waals surface area contributed by atoms with E-state index in [4.69, 9.17) is 16.4 Å². The molecule has 0 radical (unpaired) electrons. The summed E-state index contributed by atoms with van der Waals surface area (Å²) < 4.78 is 18.5. The minimum absolute atomic E-state index is 0.0744. The predicted octanol–water partition coefficient (Wildman–Crippen LogP) is 1.80. The van der Waals surface area contributed by atoms with E-state index in [9.17, 15) is 4.39 Å². The van der Waals surface area contributed by atoms with Crippen LogP contribution >= 0.6 is 0 Å². The maximum absolute atomic E-state index is 13.3. The van der Waals surface area contributed by atoms with Crippen LogP contribution in [-0.2, 0) is 13.0 Å². The molecule has 0 saturated heterocycles. The van der Waals surface area contributed by atoms with Gasteiger partial charge in [0.2, 0.25) is 0 Å². The Morgan fingerprint density at radius 3 is 3.07 bits per heavy atom. The lowest BCUT2D eigenvalue weighted by Gasteiger charge is -2.07. The Bertz CT molecular complexity index is 423. The van der Waals surface area contributed by atoms with E-state index in [2.05, 4.69) is 4.85 Å². The highest BCUT2D eigenvalue weighted by Crippen LogP contribution is 2.40. The molecule has 0 amide bonds. The van der Waals surface area contributed by atoms with Crippen LogP contribution in [0.2, 0.25) is 0 Å². The van der Waals surface area contributed by atoms with Crippen molar-refractivity contribution in [3.63, 3.8) is 0 Å². The monoisotopic (exact) mass is 193 g/mol. The lowest BCUT2D eigenvalue weighted by atomic mass is 10.0. The van der Waals surface area contributed by atoms with Crippen molar-refractivity contribution in [3.8, 4) is 5.75 Å². The van der Waals surface area contributed by atoms with Gasteiger partial charge in [0.15, 0.2) is 0 Å². The number of fused-ring (bicyclic) bond motifs is 1. The van der Waals surface area contributed by atoms with Gasteiger partial charge in [-0.25, -0.2) is 9.24 Å². The first kappa shape index (κ1) is 8.97. The number of aliphatic hydroxyl groups excluding tert-OH is 1. The molecule has 1 heterocycles. The number of benzene rings is 1. The summed E-state index contributed by atoms with van der Waals surface area (Å²) in [5.41, 5.74) is 1.21. The standard InChI is InChI=1S/C10H8FNO2/c1-12-9-8(11)4-6(5-13)7-2-3-14-10(7)9/h4,13H,2-3,5H2. The lowest BCUT2D eigenvalue weighted by Crippen LogP contribution is -1.92. The van der Waals surface area contributed by atoms with Crippen LogP contribution in [0.15, 0.2) is 6.07 Å². The Balaban J connectivity index is 2.69. The van der Waals surface area contributed by atoms with Gasteiger partial charge in [0, 0.05) is 6.42 Å². The van der Waals surface area contributed by atoms with E-state index in [0.717, 1.165) is 5.56 Å². The summed E-state index contributed by atoms with van der Waals surface area (Å²) in [6.45, 7) is 7.05. The Morgan fingerprint density at radius 1 is 1.64 bits per heavy atom. The third-order valence-corrected chi connectivity index (χ3v) is 2.28. The van der Waals surface area contributed by atoms with Crippen molar-refractivity contribution in [1.29, 1.82) is 0 Å². The van der Waals surface area contributed by atoms with Gasteiger partial charge in [0.05, 0.1) is 19.8 Å². The molecule has 14 heavy (non-hydrogen) atoms. The molecule has 1 aliphatic heterocycles. The molecule has 0 aromatic heterocycles. The third-order valence-electron chi connectivity index (χ3n) is 2.28. The van der Waals surface area contributed by atoms with Crippen LogP contribution in [-0.4, -0.2) is 11.7 Å². The number of aliphatic hydroxyl groups is 1. The van der Waals surface area contributed by atoms with Crippen LogP contribution in [0.3, 0.4) is 0 Å². The average Bonchev–Trinajstić information content (AvgIpc) is 2.65. The summed E-state index contributed by atoms with van der Waals surface area (Å²) in [6, 6.07) is 1.21. The van der Waals surface area contributed by atoms with E-state index in [1.165, 1.54) is 6.07 Å². The molecular formula is C10H8FNO2. The number of rotatable bonds is 1. The van der Waals surface area contributed by atoms with E-state index in [1.807, 2.05) is 0 Å². The number of hydrogen-bond acceptors (Lipinski definition) is 2. The summed E-state index contributed by atoms with van der Waals surface area (Å²) in [5.74, 6) is -0.311. The fraction of sp³-hybridized carbons (Fsp3) is 0.300. The van der Waals surface area contributed by atoms with Crippen LogP contribution in [0.1, 0.15) is 11.1 Å². The van der Waals surface area contributed by atoms with Crippen molar-refractivity contribution in [2.45, 2.75) is 13.0 Å². The molecule has 0 spiro atoms. The minimum Gasteiger partial charge on any atom is -0.504 e. The van der Waals surface area contributed by atoms with E-state index < -0.39 is 5.82 Å². The Labute approximate surface area is 80.6 Å². The van der Waals surface area contributed by atoms with Gasteiger partial charge in [-0.3, -0.25) is 0 Å². The Morgan fingerprint density at radius 2 is 2.43 bits per heavy atom. The smallest absolute Gasteiger partial charge is 0.263 e. The molecule has 0 aliphatic carbocycles. The zero-order valence-electron chi connectivity index (χ0n) is 7.38. The summed E-state index contributed by atoms with van der Waals surface area (Å²) in [5, 5.41) is 8.99. The fourth-order valence-electron chi connectivity index (χ4n) is 1.64. The molecule has 0 unspecified atom stereocenters. The quantitative estimate of drug-likeness (QED) is 0.690. The van der Waals surface area contributed by atoms with Gasteiger partial charge in [0.25, 0.3) is 5.69 Å². The van der Waals surface area contributed by atoms with Crippen molar-refractivity contribution >= 4 is 5.69 Å². The molecule has 3 nitrogen and oxygen atoms in total. The van der Waals surface area contributed by atoms with Gasteiger partial charge in [-0.05, 0) is 17.2 Å². The molecule has 0 bridgehead atoms. The highest BCUT2D eigenvalue weighted by Gasteiger charge is 2.23. The molecule has 0 atom stereocenters. The molecule has 1 aromatic rings. The first-order chi connectivity index (χ1) is 6.77. The maximum atomic E-state index is 13.3. The second kappa shape index (κ2) is 3.28. The van der Waals surface area contributed by atoms with Gasteiger partial charge in [-0.1, -0.05) is 0 Å². The van der Waals surface area contributed by atoms with Crippen molar-refractivity contribution in [1.82, 2.24) is 0 Å². The molecule has 72 valence electrons. The Kier molecular flexibility index (Phi) is 2.10. The van der Waals surface area contributed by atoms with Gasteiger partial charge in [-0.2, -0.15) is 0 Å². The highest BCUT2D eigenvalue weighted by molar-refractivity contribution is 5.65. The molecule has 2 rings (SSSR count). The van der Waals surface area contributed by atoms with Gasteiger partial charge in [0.1, 0.15) is 11.6 Å². The van der Waals surface area contributed by atoms with Crippen molar-refractivity contribution < 1.29 is 14.2 Å². The summed E-state index contributed by atoms with van der Waals surface area (Å²) in [4.78, 5) is 3.09. The fourth-order valence-corrected chi connectivity index (χ4v) is 1.64. The molecule has 4 heteroatoms. The zero-order chi connectivity index (χ0) is 10.1. The van der Waals surface area contributed by atoms with Gasteiger partial charge >= 0.3 is 0 Å². The normalized spacial score (nSPS) is 13.2. The summed E-state index contributed by atoms with van der Waals surface area (Å²) in [6.07, 6.45) is 0.633. The van der Waals surface area contributed by atoms with E-state index in [-0.39, 0.29) is 12.3 Å². The number of nitrogens with zero attached hydrogens (tertiary/aromatic N) is 1. The van der Waals surface area contributed by atoms with Crippen molar-refractivity contribution in [2.75, 3.05) is 6.61 Å². The van der Waals surface area contributed by atoms with Crippen molar-refractivity contribution in [3.05, 3.63) is 34.4 Å². The second-order valence-electron chi connectivity index (χ2n) is 3.04. The second-order valence-corrected chi connectivity index (χ2v) is 3.04.